The zero-order valence-corrected chi connectivity index (χ0v) is 18.8. The summed E-state index contributed by atoms with van der Waals surface area (Å²) in [5.41, 5.74) is 6.58. The van der Waals surface area contributed by atoms with Crippen LogP contribution >= 0.6 is 0 Å². The van der Waals surface area contributed by atoms with Gasteiger partial charge in [-0.1, -0.05) is 18.2 Å². The van der Waals surface area contributed by atoms with Crippen molar-refractivity contribution in [2.75, 3.05) is 19.0 Å². The third-order valence-electron chi connectivity index (χ3n) is 6.43. The van der Waals surface area contributed by atoms with E-state index < -0.39 is 11.9 Å². The second-order valence-corrected chi connectivity index (χ2v) is 8.74. The summed E-state index contributed by atoms with van der Waals surface area (Å²) in [4.78, 5) is 40.4. The number of amides is 3. The summed E-state index contributed by atoms with van der Waals surface area (Å²) in [6, 6.07) is 13.5. The maximum absolute atomic E-state index is 13.0. The van der Waals surface area contributed by atoms with Crippen LogP contribution in [-0.2, 0) is 23.2 Å². The van der Waals surface area contributed by atoms with Crippen molar-refractivity contribution in [1.82, 2.24) is 20.0 Å². The molecule has 3 amide bonds. The van der Waals surface area contributed by atoms with Gasteiger partial charge in [-0.15, -0.1) is 0 Å². The molecule has 0 aliphatic carbocycles. The quantitative estimate of drug-likeness (QED) is 0.627. The zero-order valence-electron chi connectivity index (χ0n) is 18.8. The molecule has 1 fully saturated rings. The molecular formula is C25H25N5O3. The van der Waals surface area contributed by atoms with E-state index in [2.05, 4.69) is 39.6 Å². The Morgan fingerprint density at radius 1 is 1.00 bits per heavy atom. The Kier molecular flexibility index (Phi) is 5.00. The van der Waals surface area contributed by atoms with Gasteiger partial charge in [0.05, 0.1) is 11.9 Å². The van der Waals surface area contributed by atoms with Crippen LogP contribution in [0, 0.1) is 0 Å². The number of nitrogens with zero attached hydrogens (tertiary/aromatic N) is 4. The fraction of sp³-hybridized carbons (Fsp3) is 0.280. The standard InChI is InChI=1S/C25H25N5O3/c1-28(2)18-7-4-15(5-8-18)23-20(13-26-29(23)3)16-6-9-19-17(12-16)14-30(25(19)33)21-10-11-22(31)27-24(21)32/h4-9,12-13,21H,10-11,14H2,1-3H3,(H,27,31,32). The molecule has 0 spiro atoms. The van der Waals surface area contributed by atoms with Crippen LogP contribution in [0.25, 0.3) is 22.4 Å². The van der Waals surface area contributed by atoms with Crippen molar-refractivity contribution in [2.24, 2.45) is 7.05 Å². The number of aromatic nitrogens is 2. The third kappa shape index (κ3) is 3.57. The van der Waals surface area contributed by atoms with Crippen molar-refractivity contribution in [3.63, 3.8) is 0 Å². The topological polar surface area (TPSA) is 87.5 Å². The van der Waals surface area contributed by atoms with Crippen molar-refractivity contribution in [1.29, 1.82) is 0 Å². The van der Waals surface area contributed by atoms with Gasteiger partial charge < -0.3 is 9.80 Å². The van der Waals surface area contributed by atoms with Gasteiger partial charge in [0.1, 0.15) is 6.04 Å². The van der Waals surface area contributed by atoms with E-state index in [1.807, 2.05) is 50.2 Å². The van der Waals surface area contributed by atoms with Gasteiger partial charge in [0, 0.05) is 56.5 Å². The first kappa shape index (κ1) is 20.9. The molecule has 2 aliphatic heterocycles. The molecule has 8 heteroatoms. The Balaban J connectivity index is 1.47. The van der Waals surface area contributed by atoms with Gasteiger partial charge in [-0.3, -0.25) is 24.4 Å². The summed E-state index contributed by atoms with van der Waals surface area (Å²) < 4.78 is 1.86. The smallest absolute Gasteiger partial charge is 0.255 e. The molecule has 1 atom stereocenters. The average molecular weight is 444 g/mol. The van der Waals surface area contributed by atoms with Crippen LogP contribution in [0.4, 0.5) is 5.69 Å². The number of carbonyl (C=O) groups is 3. The Hall–Kier alpha value is -3.94. The number of hydrogen-bond acceptors (Lipinski definition) is 5. The molecule has 0 bridgehead atoms. The van der Waals surface area contributed by atoms with Crippen LogP contribution in [0.15, 0.2) is 48.7 Å². The van der Waals surface area contributed by atoms with Crippen LogP contribution in [0.1, 0.15) is 28.8 Å². The van der Waals surface area contributed by atoms with E-state index in [0.29, 0.717) is 18.5 Å². The highest BCUT2D eigenvalue weighted by atomic mass is 16.2. The molecule has 33 heavy (non-hydrogen) atoms. The number of rotatable bonds is 4. The first-order valence-corrected chi connectivity index (χ1v) is 10.9. The SMILES string of the molecule is CN(C)c1ccc(-c2c(-c3ccc4c(c3)CN(C3CCC(=O)NC3=O)C4=O)cnn2C)cc1. The minimum atomic E-state index is -0.616. The minimum absolute atomic E-state index is 0.170. The van der Waals surface area contributed by atoms with Gasteiger partial charge in [-0.05, 0) is 41.8 Å². The number of hydrogen-bond donors (Lipinski definition) is 1. The molecule has 3 aromatic rings. The molecular weight excluding hydrogens is 418 g/mol. The van der Waals surface area contributed by atoms with Gasteiger partial charge in [-0.2, -0.15) is 5.10 Å². The van der Waals surface area contributed by atoms with E-state index in [9.17, 15) is 14.4 Å². The fourth-order valence-corrected chi connectivity index (χ4v) is 4.65. The summed E-state index contributed by atoms with van der Waals surface area (Å²) in [6.45, 7) is 0.349. The van der Waals surface area contributed by atoms with Gasteiger partial charge in [-0.25, -0.2) is 0 Å². The molecule has 1 saturated heterocycles. The van der Waals surface area contributed by atoms with E-state index in [4.69, 9.17) is 0 Å². The van der Waals surface area contributed by atoms with Gasteiger partial charge in [0.15, 0.2) is 0 Å². The normalized spacial score (nSPS) is 17.8. The lowest BCUT2D eigenvalue weighted by Gasteiger charge is -2.29. The number of nitrogens with one attached hydrogen (secondary N) is 1. The molecule has 168 valence electrons. The van der Waals surface area contributed by atoms with Crippen molar-refractivity contribution in [3.8, 4) is 22.4 Å². The second kappa shape index (κ2) is 7.88. The molecule has 2 aromatic carbocycles. The van der Waals surface area contributed by atoms with Crippen LogP contribution in [-0.4, -0.2) is 52.5 Å². The molecule has 3 heterocycles. The number of piperidine rings is 1. The summed E-state index contributed by atoms with van der Waals surface area (Å²) in [5.74, 6) is -0.856. The van der Waals surface area contributed by atoms with Crippen molar-refractivity contribution >= 4 is 23.4 Å². The number of benzene rings is 2. The van der Waals surface area contributed by atoms with Crippen molar-refractivity contribution in [3.05, 3.63) is 59.8 Å². The maximum atomic E-state index is 13.0. The van der Waals surface area contributed by atoms with E-state index >= 15 is 0 Å². The molecule has 2 aliphatic rings. The van der Waals surface area contributed by atoms with E-state index in [1.165, 1.54) is 0 Å². The summed E-state index contributed by atoms with van der Waals surface area (Å²) >= 11 is 0. The van der Waals surface area contributed by atoms with Gasteiger partial charge >= 0.3 is 0 Å². The van der Waals surface area contributed by atoms with E-state index in [1.54, 1.807) is 4.90 Å². The fourth-order valence-electron chi connectivity index (χ4n) is 4.65. The monoisotopic (exact) mass is 443 g/mol. The van der Waals surface area contributed by atoms with Crippen molar-refractivity contribution in [2.45, 2.75) is 25.4 Å². The zero-order chi connectivity index (χ0) is 23.3. The Morgan fingerprint density at radius 2 is 1.73 bits per heavy atom. The highest BCUT2D eigenvalue weighted by Gasteiger charge is 2.39. The van der Waals surface area contributed by atoms with Crippen LogP contribution < -0.4 is 10.2 Å². The van der Waals surface area contributed by atoms with Gasteiger partial charge in [0.25, 0.3) is 5.91 Å². The number of fused-ring (bicyclic) bond motifs is 1. The highest BCUT2D eigenvalue weighted by molar-refractivity contribution is 6.05. The van der Waals surface area contributed by atoms with E-state index in [-0.39, 0.29) is 18.2 Å². The van der Waals surface area contributed by atoms with E-state index in [0.717, 1.165) is 33.6 Å². The summed E-state index contributed by atoms with van der Waals surface area (Å²) in [7, 11) is 5.93. The summed E-state index contributed by atoms with van der Waals surface area (Å²) in [6.07, 6.45) is 2.44. The maximum Gasteiger partial charge on any atom is 0.255 e. The molecule has 5 rings (SSSR count). The number of anilines is 1. The summed E-state index contributed by atoms with van der Waals surface area (Å²) in [5, 5.41) is 6.83. The molecule has 0 radical (unpaired) electrons. The first-order chi connectivity index (χ1) is 15.8. The first-order valence-electron chi connectivity index (χ1n) is 10.9. The van der Waals surface area contributed by atoms with Crippen LogP contribution in [0.2, 0.25) is 0 Å². The lowest BCUT2D eigenvalue weighted by atomic mass is 9.98. The predicted octanol–water partition coefficient (Wildman–Crippen LogP) is 2.58. The average Bonchev–Trinajstić information content (AvgIpc) is 3.33. The Labute approximate surface area is 191 Å². The minimum Gasteiger partial charge on any atom is -0.378 e. The number of carbonyl (C=O) groups excluding carboxylic acids is 3. The second-order valence-electron chi connectivity index (χ2n) is 8.74. The van der Waals surface area contributed by atoms with Gasteiger partial charge in [0.2, 0.25) is 11.8 Å². The Morgan fingerprint density at radius 3 is 2.42 bits per heavy atom. The molecule has 8 nitrogen and oxygen atoms in total. The van der Waals surface area contributed by atoms with Crippen LogP contribution in [0.5, 0.6) is 0 Å². The lowest BCUT2D eigenvalue weighted by Crippen LogP contribution is -2.52. The molecule has 1 aromatic heterocycles. The molecule has 0 saturated carbocycles. The lowest BCUT2D eigenvalue weighted by molar-refractivity contribution is -0.136. The predicted molar refractivity (Wildman–Crippen MR) is 124 cm³/mol. The number of aryl methyl sites for hydroxylation is 1. The molecule has 1 N–H and O–H groups in total. The largest absolute Gasteiger partial charge is 0.378 e. The Bertz CT molecular complexity index is 1280. The number of imide groups is 1. The molecule has 1 unspecified atom stereocenters. The third-order valence-corrected chi connectivity index (χ3v) is 6.43. The van der Waals surface area contributed by atoms with Crippen LogP contribution in [0.3, 0.4) is 0 Å². The highest BCUT2D eigenvalue weighted by Crippen LogP contribution is 2.36. The van der Waals surface area contributed by atoms with Crippen molar-refractivity contribution < 1.29 is 14.4 Å².